The molecule has 2 heterocycles. The van der Waals surface area contributed by atoms with Crippen molar-refractivity contribution in [2.24, 2.45) is 0 Å². The number of aliphatic hydroxyl groups excluding tert-OH is 2. The van der Waals surface area contributed by atoms with Crippen molar-refractivity contribution < 1.29 is 74.6 Å². The molecule has 18 nitrogen and oxygen atoms in total. The molecular weight excluding hydrogens is 492 g/mol. The van der Waals surface area contributed by atoms with Crippen LogP contribution in [0.25, 0.3) is 0 Å². The van der Waals surface area contributed by atoms with Crippen LogP contribution >= 0.6 is 0 Å². The van der Waals surface area contributed by atoms with Crippen LogP contribution in [0.3, 0.4) is 0 Å². The summed E-state index contributed by atoms with van der Waals surface area (Å²) in [4.78, 5) is 78.4. The fourth-order valence-corrected chi connectivity index (χ4v) is 3.78. The molecule has 2 aliphatic rings. The predicted octanol–water partition coefficient (Wildman–Crippen LogP) is -5.34. The van der Waals surface area contributed by atoms with E-state index in [1.165, 1.54) is 0 Å². The van der Waals surface area contributed by atoms with E-state index in [2.05, 4.69) is 9.68 Å². The van der Waals surface area contributed by atoms with Gasteiger partial charge >= 0.3 is 11.9 Å². The molecule has 178 valence electrons. The molecule has 0 radical (unpaired) electrons. The molecule has 2 aliphatic heterocycles. The number of carbonyl (C=O) groups is 6. The van der Waals surface area contributed by atoms with E-state index in [0.717, 1.165) is 0 Å². The molecule has 0 spiro atoms. The molecule has 4 N–H and O–H groups in total. The smallest absolute Gasteiger partial charge is 0.364 e. The molecule has 32 heavy (non-hydrogen) atoms. The molecule has 0 bridgehead atoms. The van der Waals surface area contributed by atoms with Crippen molar-refractivity contribution in [3.63, 3.8) is 0 Å². The maximum Gasteiger partial charge on any atom is 0.364 e. The fourth-order valence-electron chi connectivity index (χ4n) is 2.37. The average Bonchev–Trinajstić information content (AvgIpc) is 3.11. The van der Waals surface area contributed by atoms with Gasteiger partial charge in [-0.2, -0.15) is 16.8 Å². The summed E-state index contributed by atoms with van der Waals surface area (Å²) in [7, 11) is -10.1. The third-order valence-electron chi connectivity index (χ3n) is 3.99. The van der Waals surface area contributed by atoms with Crippen molar-refractivity contribution in [2.45, 2.75) is 35.5 Å². The molecule has 0 aromatic rings. The van der Waals surface area contributed by atoms with E-state index < -0.39 is 101 Å². The molecule has 4 atom stereocenters. The molecular formula is C12H12N2O16S2. The first-order valence-corrected chi connectivity index (χ1v) is 10.9. The Morgan fingerprint density at radius 1 is 0.750 bits per heavy atom. The van der Waals surface area contributed by atoms with Crippen molar-refractivity contribution in [2.75, 3.05) is 0 Å². The Balaban J connectivity index is 2.05. The van der Waals surface area contributed by atoms with E-state index in [4.69, 9.17) is 9.11 Å². The number of amides is 4. The van der Waals surface area contributed by atoms with Crippen LogP contribution in [0.5, 0.6) is 0 Å². The molecule has 2 saturated heterocycles. The topological polar surface area (TPSA) is 277 Å². The third-order valence-corrected chi connectivity index (χ3v) is 6.16. The van der Waals surface area contributed by atoms with Gasteiger partial charge in [0.25, 0.3) is 43.9 Å². The van der Waals surface area contributed by atoms with Crippen molar-refractivity contribution in [3.8, 4) is 0 Å². The maximum absolute atomic E-state index is 11.8. The van der Waals surface area contributed by atoms with E-state index in [9.17, 15) is 55.8 Å². The largest absolute Gasteiger partial charge is 0.379 e. The van der Waals surface area contributed by atoms with Crippen LogP contribution in [0, 0.1) is 0 Å². The molecule has 2 fully saturated rings. The molecule has 2 rings (SSSR count). The summed E-state index contributed by atoms with van der Waals surface area (Å²) in [5.74, 6) is -10.5. The van der Waals surface area contributed by atoms with E-state index >= 15 is 0 Å². The lowest BCUT2D eigenvalue weighted by Crippen LogP contribution is -2.48. The number of hydrogen-bond donors (Lipinski definition) is 4. The first kappa shape index (κ1) is 25.2. The number of nitrogens with zero attached hydrogens (tertiary/aromatic N) is 2. The first-order chi connectivity index (χ1) is 14.5. The second-order valence-electron chi connectivity index (χ2n) is 6.18. The van der Waals surface area contributed by atoms with Gasteiger partial charge in [0.1, 0.15) is 0 Å². The van der Waals surface area contributed by atoms with Gasteiger partial charge in [0.05, 0.1) is 12.8 Å². The highest BCUT2D eigenvalue weighted by Crippen LogP contribution is 2.22. The van der Waals surface area contributed by atoms with Crippen LogP contribution in [0.4, 0.5) is 0 Å². The highest BCUT2D eigenvalue weighted by Gasteiger charge is 2.51. The number of hydrogen-bond acceptors (Lipinski definition) is 14. The van der Waals surface area contributed by atoms with Crippen molar-refractivity contribution in [1.82, 2.24) is 10.1 Å². The summed E-state index contributed by atoms with van der Waals surface area (Å²) < 4.78 is 61.7. The zero-order valence-electron chi connectivity index (χ0n) is 15.1. The lowest BCUT2D eigenvalue weighted by Gasteiger charge is -2.20. The molecule has 0 saturated carbocycles. The lowest BCUT2D eigenvalue weighted by molar-refractivity contribution is -0.216. The normalized spacial score (nSPS) is 24.0. The van der Waals surface area contributed by atoms with E-state index in [0.29, 0.717) is 0 Å². The van der Waals surface area contributed by atoms with Crippen LogP contribution in [-0.2, 0) is 58.7 Å². The van der Waals surface area contributed by atoms with Gasteiger partial charge in [-0.05, 0) is 0 Å². The summed E-state index contributed by atoms with van der Waals surface area (Å²) in [5.41, 5.74) is 0. The zero-order valence-corrected chi connectivity index (χ0v) is 16.8. The molecule has 0 aromatic carbocycles. The summed E-state index contributed by atoms with van der Waals surface area (Å²) >= 11 is 0. The highest BCUT2D eigenvalue weighted by atomic mass is 32.2. The van der Waals surface area contributed by atoms with Crippen LogP contribution < -0.4 is 0 Å². The monoisotopic (exact) mass is 504 g/mol. The second kappa shape index (κ2) is 8.48. The minimum absolute atomic E-state index is 0.452. The Bertz CT molecular complexity index is 1020. The molecule has 0 unspecified atom stereocenters. The Labute approximate surface area is 176 Å². The quantitative estimate of drug-likeness (QED) is 0.186. The Kier molecular flexibility index (Phi) is 6.68. The van der Waals surface area contributed by atoms with Gasteiger partial charge in [0.15, 0.2) is 22.7 Å². The fraction of sp³-hybridized carbons (Fsp3) is 0.500. The minimum Gasteiger partial charge on any atom is -0.379 e. The Morgan fingerprint density at radius 3 is 1.25 bits per heavy atom. The zero-order chi connectivity index (χ0) is 24.8. The second-order valence-corrected chi connectivity index (χ2v) is 9.38. The first-order valence-electron chi connectivity index (χ1n) is 7.92. The molecule has 20 heteroatoms. The van der Waals surface area contributed by atoms with Crippen molar-refractivity contribution >= 4 is 55.8 Å². The van der Waals surface area contributed by atoms with Gasteiger partial charge in [-0.1, -0.05) is 0 Å². The minimum atomic E-state index is -5.06. The van der Waals surface area contributed by atoms with E-state index in [-0.39, 0.29) is 0 Å². The third kappa shape index (κ3) is 4.89. The number of aliphatic hydroxyl groups is 2. The van der Waals surface area contributed by atoms with Crippen molar-refractivity contribution in [3.05, 3.63) is 0 Å². The standard InChI is InChI=1S/C12H12N2O16S2/c15-5-1-3(31(23,24)25)9(19)13(5)29-11(21)7(17)8(18)12(22)30-14-6(16)2-4(10(14)20)32(26,27)28/h3-4,7-8,17-18H,1-2H2,(H,23,24,25)(H,26,27,28)/t3-,4-,7-,8+/m0/s1. The van der Waals surface area contributed by atoms with Gasteiger partial charge in [0, 0.05) is 0 Å². The van der Waals surface area contributed by atoms with Gasteiger partial charge in [0.2, 0.25) is 0 Å². The highest BCUT2D eigenvalue weighted by molar-refractivity contribution is 7.87. The van der Waals surface area contributed by atoms with Crippen LogP contribution in [0.1, 0.15) is 12.8 Å². The van der Waals surface area contributed by atoms with Gasteiger partial charge in [-0.3, -0.25) is 28.3 Å². The van der Waals surface area contributed by atoms with Crippen LogP contribution in [-0.4, -0.2) is 105 Å². The number of carbonyl (C=O) groups excluding carboxylic acids is 6. The molecule has 0 aromatic heterocycles. The number of imide groups is 2. The number of rotatable bonds is 7. The van der Waals surface area contributed by atoms with Gasteiger partial charge in [-0.25, -0.2) is 9.59 Å². The summed E-state index contributed by atoms with van der Waals surface area (Å²) in [6.07, 6.45) is -8.12. The Morgan fingerprint density at radius 2 is 1.03 bits per heavy atom. The lowest BCUT2D eigenvalue weighted by atomic mass is 10.2. The average molecular weight is 504 g/mol. The molecule has 4 amide bonds. The van der Waals surface area contributed by atoms with Crippen molar-refractivity contribution in [1.29, 1.82) is 0 Å². The summed E-state index contributed by atoms with van der Waals surface area (Å²) in [6, 6.07) is 0. The van der Waals surface area contributed by atoms with Gasteiger partial charge in [-0.15, -0.1) is 10.1 Å². The summed E-state index contributed by atoms with van der Waals surface area (Å²) in [6.45, 7) is 0. The summed E-state index contributed by atoms with van der Waals surface area (Å²) in [5, 5.41) is 13.8. The number of hydroxylamine groups is 4. The van der Waals surface area contributed by atoms with Crippen LogP contribution in [0.2, 0.25) is 0 Å². The van der Waals surface area contributed by atoms with E-state index in [1.54, 1.807) is 0 Å². The maximum atomic E-state index is 11.8. The molecule has 0 aliphatic carbocycles. The van der Waals surface area contributed by atoms with Gasteiger partial charge < -0.3 is 19.9 Å². The van der Waals surface area contributed by atoms with Crippen LogP contribution in [0.15, 0.2) is 0 Å². The SMILES string of the molecule is O=C(ON1C(=O)C[C@H](S(=O)(=O)O)C1=O)[C@@H](O)[C@@H](O)C(=O)ON1C(=O)C[C@H](S(=O)(=O)O)C1=O. The van der Waals surface area contributed by atoms with E-state index in [1.807, 2.05) is 0 Å². The predicted molar refractivity (Wildman–Crippen MR) is 87.8 cm³/mol. The Hall–Kier alpha value is -3.04.